The van der Waals surface area contributed by atoms with Crippen molar-refractivity contribution >= 4 is 17.4 Å². The number of halogens is 2. The molecule has 6 nitrogen and oxygen atoms in total. The first-order valence-corrected chi connectivity index (χ1v) is 10.4. The third kappa shape index (κ3) is 5.65. The molecule has 2 amide bonds. The molecular formula is C25H23F2N3O3. The smallest absolute Gasteiger partial charge is 0.322 e. The van der Waals surface area contributed by atoms with E-state index in [1.165, 1.54) is 36.3 Å². The van der Waals surface area contributed by atoms with Crippen LogP contribution in [0.15, 0.2) is 78.0 Å². The lowest BCUT2D eigenvalue weighted by molar-refractivity contribution is 0.0608. The number of urea groups is 1. The van der Waals surface area contributed by atoms with Crippen LogP contribution in [0.25, 0.3) is 0 Å². The van der Waals surface area contributed by atoms with E-state index in [-0.39, 0.29) is 30.8 Å². The first kappa shape index (κ1) is 22.3. The molecular weight excluding hydrogens is 428 g/mol. The Labute approximate surface area is 190 Å². The Balaban J connectivity index is 1.49. The van der Waals surface area contributed by atoms with E-state index >= 15 is 0 Å². The second kappa shape index (κ2) is 10.1. The molecule has 0 aliphatic carbocycles. The van der Waals surface area contributed by atoms with Gasteiger partial charge in [-0.15, -0.1) is 0 Å². The van der Waals surface area contributed by atoms with Gasteiger partial charge in [-0.1, -0.05) is 41.6 Å². The molecule has 0 saturated heterocycles. The van der Waals surface area contributed by atoms with Gasteiger partial charge in [0, 0.05) is 13.0 Å². The number of rotatable bonds is 7. The second-order valence-corrected chi connectivity index (χ2v) is 7.62. The highest BCUT2D eigenvalue weighted by Gasteiger charge is 2.27. The predicted molar refractivity (Wildman–Crippen MR) is 121 cm³/mol. The zero-order valence-corrected chi connectivity index (χ0v) is 18.0. The molecule has 8 heteroatoms. The van der Waals surface area contributed by atoms with Crippen LogP contribution in [0, 0.1) is 11.6 Å². The van der Waals surface area contributed by atoms with Crippen molar-refractivity contribution in [3.8, 4) is 5.75 Å². The van der Waals surface area contributed by atoms with E-state index in [4.69, 9.17) is 9.57 Å². The summed E-state index contributed by atoms with van der Waals surface area (Å²) in [5.74, 6) is -0.184. The minimum absolute atomic E-state index is 0.171. The Morgan fingerprint density at radius 1 is 1.09 bits per heavy atom. The lowest BCUT2D eigenvalue weighted by Gasteiger charge is -2.25. The number of hydrogen-bond acceptors (Lipinski definition) is 4. The number of anilines is 1. The van der Waals surface area contributed by atoms with Crippen LogP contribution >= 0.6 is 0 Å². The molecule has 0 saturated carbocycles. The first-order valence-electron chi connectivity index (χ1n) is 10.4. The van der Waals surface area contributed by atoms with Crippen molar-refractivity contribution in [1.82, 2.24) is 4.90 Å². The largest absolute Gasteiger partial charge is 0.495 e. The van der Waals surface area contributed by atoms with Gasteiger partial charge in [-0.3, -0.25) is 0 Å². The van der Waals surface area contributed by atoms with Crippen LogP contribution in [-0.2, 0) is 11.4 Å². The molecule has 4 rings (SSSR count). The highest BCUT2D eigenvalue weighted by atomic mass is 19.1. The Morgan fingerprint density at radius 3 is 2.64 bits per heavy atom. The topological polar surface area (TPSA) is 63.2 Å². The SMILES string of the molecule is COc1ccccc1NC(=O)N(Cc1cccc(F)c1)C[C@@H]1CC(c2ccc(F)cc2)=NO1. The molecule has 3 aromatic rings. The van der Waals surface area contributed by atoms with Crippen molar-refractivity contribution in [2.45, 2.75) is 19.1 Å². The minimum atomic E-state index is -0.401. The van der Waals surface area contributed by atoms with Crippen LogP contribution in [-0.4, -0.2) is 36.4 Å². The summed E-state index contributed by atoms with van der Waals surface area (Å²) in [6.07, 6.45) is 0.0507. The van der Waals surface area contributed by atoms with Gasteiger partial charge >= 0.3 is 6.03 Å². The molecule has 1 atom stereocenters. The van der Waals surface area contributed by atoms with Gasteiger partial charge in [0.25, 0.3) is 0 Å². The van der Waals surface area contributed by atoms with Crippen LogP contribution in [0.2, 0.25) is 0 Å². The summed E-state index contributed by atoms with van der Waals surface area (Å²) in [6.45, 7) is 0.385. The number of carbonyl (C=O) groups is 1. The number of carbonyl (C=O) groups excluding carboxylic acids is 1. The van der Waals surface area contributed by atoms with Crippen molar-refractivity contribution in [1.29, 1.82) is 0 Å². The number of benzene rings is 3. The molecule has 3 aromatic carbocycles. The molecule has 33 heavy (non-hydrogen) atoms. The fourth-order valence-electron chi connectivity index (χ4n) is 3.60. The first-order chi connectivity index (χ1) is 16.0. The zero-order chi connectivity index (χ0) is 23.2. The van der Waals surface area contributed by atoms with Gasteiger partial charge < -0.3 is 19.8 Å². The maximum absolute atomic E-state index is 13.7. The summed E-state index contributed by atoms with van der Waals surface area (Å²) >= 11 is 0. The van der Waals surface area contributed by atoms with Crippen molar-refractivity contribution in [3.05, 3.63) is 95.6 Å². The Morgan fingerprint density at radius 2 is 1.88 bits per heavy atom. The van der Waals surface area contributed by atoms with E-state index in [0.717, 1.165) is 5.56 Å². The molecule has 1 heterocycles. The van der Waals surface area contributed by atoms with E-state index < -0.39 is 6.10 Å². The Bertz CT molecular complexity index is 1150. The van der Waals surface area contributed by atoms with E-state index in [1.807, 2.05) is 0 Å². The van der Waals surface area contributed by atoms with Crippen molar-refractivity contribution < 1.29 is 23.1 Å². The third-order valence-corrected chi connectivity index (χ3v) is 5.23. The molecule has 1 N–H and O–H groups in total. The number of nitrogens with zero attached hydrogens (tertiary/aromatic N) is 2. The van der Waals surface area contributed by atoms with Crippen LogP contribution < -0.4 is 10.1 Å². The third-order valence-electron chi connectivity index (χ3n) is 5.23. The highest BCUT2D eigenvalue weighted by molar-refractivity contribution is 6.01. The molecule has 0 fully saturated rings. The average molecular weight is 451 g/mol. The summed E-state index contributed by atoms with van der Waals surface area (Å²) in [4.78, 5) is 20.3. The summed E-state index contributed by atoms with van der Waals surface area (Å²) in [5, 5.41) is 6.97. The van der Waals surface area contributed by atoms with Crippen LogP contribution in [0.1, 0.15) is 17.5 Å². The van der Waals surface area contributed by atoms with Gasteiger partial charge in [0.05, 0.1) is 25.1 Å². The maximum Gasteiger partial charge on any atom is 0.322 e. The molecule has 1 aliphatic heterocycles. The number of nitrogens with one attached hydrogen (secondary N) is 1. The van der Waals surface area contributed by atoms with Gasteiger partial charge in [0.2, 0.25) is 0 Å². The van der Waals surface area contributed by atoms with E-state index in [9.17, 15) is 13.6 Å². The quantitative estimate of drug-likeness (QED) is 0.537. The summed E-state index contributed by atoms with van der Waals surface area (Å²) < 4.78 is 32.3. The predicted octanol–water partition coefficient (Wildman–Crippen LogP) is 5.20. The van der Waals surface area contributed by atoms with Gasteiger partial charge in [-0.25, -0.2) is 13.6 Å². The van der Waals surface area contributed by atoms with Gasteiger partial charge in [0.1, 0.15) is 17.4 Å². The van der Waals surface area contributed by atoms with Gasteiger partial charge in [-0.2, -0.15) is 0 Å². The van der Waals surface area contributed by atoms with E-state index in [2.05, 4.69) is 10.5 Å². The average Bonchev–Trinajstić information content (AvgIpc) is 3.28. The maximum atomic E-state index is 13.7. The van der Waals surface area contributed by atoms with Gasteiger partial charge in [-0.05, 0) is 47.5 Å². The summed E-state index contributed by atoms with van der Waals surface area (Å²) in [6, 6.07) is 18.8. The molecule has 0 aromatic heterocycles. The standard InChI is InChI=1S/C25H23F2N3O3/c1-32-24-8-3-2-7-22(24)28-25(31)30(15-17-5-4-6-20(27)13-17)16-21-14-23(29-33-21)18-9-11-19(26)12-10-18/h2-13,21H,14-16H2,1H3,(H,28,31)/t21-/m0/s1. The van der Waals surface area contributed by atoms with Crippen LogP contribution in [0.4, 0.5) is 19.3 Å². The van der Waals surface area contributed by atoms with Crippen LogP contribution in [0.3, 0.4) is 0 Å². The Kier molecular flexibility index (Phi) is 6.83. The summed E-state index contributed by atoms with van der Waals surface area (Å²) in [7, 11) is 1.52. The Hall–Kier alpha value is -3.94. The molecule has 1 aliphatic rings. The van der Waals surface area contributed by atoms with E-state index in [0.29, 0.717) is 29.1 Å². The molecule has 0 bridgehead atoms. The molecule has 0 unspecified atom stereocenters. The molecule has 0 radical (unpaired) electrons. The fourth-order valence-corrected chi connectivity index (χ4v) is 3.60. The monoisotopic (exact) mass is 451 g/mol. The fraction of sp³-hybridized carbons (Fsp3) is 0.200. The molecule has 170 valence electrons. The van der Waals surface area contributed by atoms with E-state index in [1.54, 1.807) is 48.5 Å². The normalized spacial score (nSPS) is 14.9. The van der Waals surface area contributed by atoms with Crippen LogP contribution in [0.5, 0.6) is 5.75 Å². The summed E-state index contributed by atoms with van der Waals surface area (Å²) in [5.41, 5.74) is 2.59. The molecule has 0 spiro atoms. The lowest BCUT2D eigenvalue weighted by atomic mass is 10.0. The number of hydrogen-bond donors (Lipinski definition) is 1. The van der Waals surface area contributed by atoms with Crippen molar-refractivity contribution in [2.24, 2.45) is 5.16 Å². The number of para-hydroxylation sites is 2. The van der Waals surface area contributed by atoms with Crippen molar-refractivity contribution in [2.75, 3.05) is 19.0 Å². The number of amides is 2. The second-order valence-electron chi connectivity index (χ2n) is 7.62. The van der Waals surface area contributed by atoms with Crippen molar-refractivity contribution in [3.63, 3.8) is 0 Å². The zero-order valence-electron chi connectivity index (χ0n) is 18.0. The number of methoxy groups -OCH3 is 1. The number of oxime groups is 1. The van der Waals surface area contributed by atoms with Gasteiger partial charge in [0.15, 0.2) is 6.10 Å². The highest BCUT2D eigenvalue weighted by Crippen LogP contribution is 2.25. The number of ether oxygens (including phenoxy) is 1. The lowest BCUT2D eigenvalue weighted by Crippen LogP contribution is -2.40. The minimum Gasteiger partial charge on any atom is -0.495 e.